The first-order valence-corrected chi connectivity index (χ1v) is 10.9. The average molecular weight is 414 g/mol. The van der Waals surface area contributed by atoms with Crippen molar-refractivity contribution in [1.29, 1.82) is 5.26 Å². The van der Waals surface area contributed by atoms with Crippen molar-refractivity contribution < 1.29 is 14.3 Å². The van der Waals surface area contributed by atoms with Gasteiger partial charge in [-0.15, -0.1) is 0 Å². The zero-order chi connectivity index (χ0) is 21.0. The normalized spacial score (nSPS) is 24.7. The second-order valence-electron chi connectivity index (χ2n) is 7.65. The number of nitriles is 1. The SMILES string of the molecule is COc1ccc([C@@H]2CC(=O)NC(SCC(=O)N3[C@H](C)CCC[C@H]3C)=C2C#N)cc1. The highest BCUT2D eigenvalue weighted by molar-refractivity contribution is 8.03. The Labute approximate surface area is 176 Å². The van der Waals surface area contributed by atoms with Crippen molar-refractivity contribution in [2.24, 2.45) is 0 Å². The molecule has 2 aliphatic heterocycles. The standard InChI is InChI=1S/C22H27N3O3S/c1-14-5-4-6-15(2)25(14)21(27)13-29-22-19(12-23)18(11-20(26)24-22)16-7-9-17(28-3)10-8-16/h7-10,14-15,18H,4-6,11,13H2,1-3H3,(H,24,26)/t14-,15-,18+/m1/s1. The Bertz CT molecular complexity index is 834. The largest absolute Gasteiger partial charge is 0.497 e. The number of benzene rings is 1. The second-order valence-corrected chi connectivity index (χ2v) is 8.64. The molecule has 2 heterocycles. The predicted molar refractivity (Wildman–Crippen MR) is 113 cm³/mol. The van der Waals surface area contributed by atoms with E-state index < -0.39 is 0 Å². The van der Waals surface area contributed by atoms with Crippen LogP contribution in [0.4, 0.5) is 0 Å². The number of thioether (sulfide) groups is 1. The number of piperidine rings is 1. The number of likely N-dealkylation sites (tertiary alicyclic amines) is 1. The summed E-state index contributed by atoms with van der Waals surface area (Å²) in [4.78, 5) is 27.1. The van der Waals surface area contributed by atoms with Crippen molar-refractivity contribution in [2.75, 3.05) is 12.9 Å². The minimum atomic E-state index is -0.315. The lowest BCUT2D eigenvalue weighted by molar-refractivity contribution is -0.134. The minimum absolute atomic E-state index is 0.0558. The van der Waals surface area contributed by atoms with Crippen LogP contribution in [0.1, 0.15) is 51.0 Å². The Kier molecular flexibility index (Phi) is 6.86. The van der Waals surface area contributed by atoms with Crippen LogP contribution in [0.15, 0.2) is 34.9 Å². The van der Waals surface area contributed by atoms with Crippen LogP contribution in [0.25, 0.3) is 0 Å². The summed E-state index contributed by atoms with van der Waals surface area (Å²) in [6, 6.07) is 10.1. The highest BCUT2D eigenvalue weighted by Crippen LogP contribution is 2.36. The Hall–Kier alpha value is -2.46. The Balaban J connectivity index is 1.78. The number of carbonyl (C=O) groups excluding carboxylic acids is 2. The summed E-state index contributed by atoms with van der Waals surface area (Å²) < 4.78 is 5.19. The third-order valence-corrected chi connectivity index (χ3v) is 6.70. The number of amides is 2. The number of carbonyl (C=O) groups is 2. The lowest BCUT2D eigenvalue weighted by Crippen LogP contribution is -2.48. The molecule has 0 aliphatic carbocycles. The van der Waals surface area contributed by atoms with Gasteiger partial charge in [-0.05, 0) is 50.8 Å². The zero-order valence-electron chi connectivity index (χ0n) is 17.1. The fourth-order valence-corrected chi connectivity index (χ4v) is 5.12. The monoisotopic (exact) mass is 413 g/mol. The molecule has 0 spiro atoms. The number of nitrogens with zero attached hydrogens (tertiary/aromatic N) is 2. The summed E-state index contributed by atoms with van der Waals surface area (Å²) in [6.45, 7) is 4.17. The smallest absolute Gasteiger partial charge is 0.233 e. The quantitative estimate of drug-likeness (QED) is 0.798. The zero-order valence-corrected chi connectivity index (χ0v) is 17.9. The van der Waals surface area contributed by atoms with Gasteiger partial charge in [0.05, 0.1) is 29.5 Å². The maximum absolute atomic E-state index is 12.8. The number of hydrogen-bond donors (Lipinski definition) is 1. The molecule has 3 atom stereocenters. The van der Waals surface area contributed by atoms with E-state index in [2.05, 4.69) is 25.2 Å². The van der Waals surface area contributed by atoms with Gasteiger partial charge in [0.1, 0.15) is 5.75 Å². The van der Waals surface area contributed by atoms with Gasteiger partial charge in [-0.25, -0.2) is 0 Å². The lowest BCUT2D eigenvalue weighted by atomic mass is 9.87. The van der Waals surface area contributed by atoms with E-state index in [0.29, 0.717) is 10.6 Å². The van der Waals surface area contributed by atoms with Gasteiger partial charge >= 0.3 is 0 Å². The minimum Gasteiger partial charge on any atom is -0.497 e. The summed E-state index contributed by atoms with van der Waals surface area (Å²) in [6.07, 6.45) is 3.39. The maximum Gasteiger partial charge on any atom is 0.233 e. The number of allylic oxidation sites excluding steroid dienone is 1. The summed E-state index contributed by atoms with van der Waals surface area (Å²) in [5.74, 6) is 0.538. The van der Waals surface area contributed by atoms with E-state index in [-0.39, 0.29) is 42.0 Å². The van der Waals surface area contributed by atoms with Crippen LogP contribution in [0.5, 0.6) is 5.75 Å². The molecule has 1 aromatic rings. The third kappa shape index (κ3) is 4.76. The van der Waals surface area contributed by atoms with Crippen LogP contribution in [0.2, 0.25) is 0 Å². The fourth-order valence-electron chi connectivity index (χ4n) is 4.18. The molecule has 3 rings (SSSR count). The number of methoxy groups -OCH3 is 1. The van der Waals surface area contributed by atoms with Gasteiger partial charge in [-0.3, -0.25) is 9.59 Å². The van der Waals surface area contributed by atoms with Gasteiger partial charge in [0.2, 0.25) is 11.8 Å². The fraction of sp³-hybridized carbons (Fsp3) is 0.500. The molecule has 1 N–H and O–H groups in total. The van der Waals surface area contributed by atoms with Gasteiger partial charge in [-0.1, -0.05) is 23.9 Å². The maximum atomic E-state index is 12.8. The van der Waals surface area contributed by atoms with E-state index in [1.807, 2.05) is 29.2 Å². The molecule has 0 saturated carbocycles. The molecule has 0 radical (unpaired) electrons. The van der Waals surface area contributed by atoms with Crippen molar-refractivity contribution >= 4 is 23.6 Å². The highest BCUT2D eigenvalue weighted by Gasteiger charge is 2.32. The van der Waals surface area contributed by atoms with Crippen LogP contribution in [-0.4, -0.2) is 41.7 Å². The van der Waals surface area contributed by atoms with E-state index in [1.54, 1.807) is 7.11 Å². The van der Waals surface area contributed by atoms with Gasteiger partial charge in [0.25, 0.3) is 0 Å². The number of nitrogens with one attached hydrogen (secondary N) is 1. The summed E-state index contributed by atoms with van der Waals surface area (Å²) in [7, 11) is 1.60. The summed E-state index contributed by atoms with van der Waals surface area (Å²) >= 11 is 1.25. The second kappa shape index (κ2) is 9.36. The van der Waals surface area contributed by atoms with Gasteiger partial charge in [0.15, 0.2) is 0 Å². The predicted octanol–water partition coefficient (Wildman–Crippen LogP) is 3.56. The van der Waals surface area contributed by atoms with Crippen LogP contribution in [0, 0.1) is 11.3 Å². The van der Waals surface area contributed by atoms with Gasteiger partial charge in [-0.2, -0.15) is 5.26 Å². The van der Waals surface area contributed by atoms with Crippen LogP contribution >= 0.6 is 11.8 Å². The first-order chi connectivity index (χ1) is 13.9. The number of ether oxygens (including phenoxy) is 1. The molecular weight excluding hydrogens is 386 g/mol. The van der Waals surface area contributed by atoms with E-state index in [0.717, 1.165) is 30.6 Å². The van der Waals surface area contributed by atoms with E-state index >= 15 is 0 Å². The van der Waals surface area contributed by atoms with E-state index in [4.69, 9.17) is 4.74 Å². The topological polar surface area (TPSA) is 82.4 Å². The molecule has 0 aromatic heterocycles. The van der Waals surface area contributed by atoms with Crippen molar-refractivity contribution in [3.05, 3.63) is 40.4 Å². The Morgan fingerprint density at radius 1 is 1.28 bits per heavy atom. The van der Waals surface area contributed by atoms with Crippen molar-refractivity contribution in [2.45, 2.75) is 57.5 Å². The molecule has 1 fully saturated rings. The van der Waals surface area contributed by atoms with Crippen molar-refractivity contribution in [1.82, 2.24) is 10.2 Å². The lowest BCUT2D eigenvalue weighted by Gasteiger charge is -2.39. The molecule has 154 valence electrons. The van der Waals surface area contributed by atoms with Crippen molar-refractivity contribution in [3.8, 4) is 11.8 Å². The molecular formula is C22H27N3O3S. The van der Waals surface area contributed by atoms with Crippen LogP contribution in [0.3, 0.4) is 0 Å². The number of hydrogen-bond acceptors (Lipinski definition) is 5. The van der Waals surface area contributed by atoms with Crippen LogP contribution in [-0.2, 0) is 9.59 Å². The van der Waals surface area contributed by atoms with Crippen LogP contribution < -0.4 is 10.1 Å². The first-order valence-electron chi connectivity index (χ1n) is 9.96. The van der Waals surface area contributed by atoms with E-state index in [9.17, 15) is 14.9 Å². The average Bonchev–Trinajstić information content (AvgIpc) is 2.71. The van der Waals surface area contributed by atoms with E-state index in [1.165, 1.54) is 11.8 Å². The molecule has 0 bridgehead atoms. The van der Waals surface area contributed by atoms with Gasteiger partial charge in [0, 0.05) is 24.4 Å². The first kappa shape index (κ1) is 21.3. The van der Waals surface area contributed by atoms with Gasteiger partial charge < -0.3 is 15.0 Å². The molecule has 2 aliphatic rings. The molecule has 1 aromatic carbocycles. The highest BCUT2D eigenvalue weighted by atomic mass is 32.2. The van der Waals surface area contributed by atoms with Crippen molar-refractivity contribution in [3.63, 3.8) is 0 Å². The Morgan fingerprint density at radius 3 is 2.52 bits per heavy atom. The third-order valence-electron chi connectivity index (χ3n) is 5.70. The molecule has 7 heteroatoms. The molecule has 2 amide bonds. The number of rotatable bonds is 5. The molecule has 1 saturated heterocycles. The molecule has 6 nitrogen and oxygen atoms in total. The summed E-state index contributed by atoms with van der Waals surface area (Å²) in [5, 5.41) is 13.1. The summed E-state index contributed by atoms with van der Waals surface area (Å²) in [5.41, 5.74) is 1.40. The Morgan fingerprint density at radius 2 is 1.93 bits per heavy atom. The molecule has 0 unspecified atom stereocenters. The molecule has 29 heavy (non-hydrogen) atoms.